The highest BCUT2D eigenvalue weighted by Gasteiger charge is 2.15. The Morgan fingerprint density at radius 1 is 1.50 bits per heavy atom. The van der Waals surface area contributed by atoms with Gasteiger partial charge in [0.15, 0.2) is 0 Å². The summed E-state index contributed by atoms with van der Waals surface area (Å²) in [5.41, 5.74) is 1.64. The second-order valence-electron chi connectivity index (χ2n) is 3.97. The molecule has 0 fully saturated rings. The maximum absolute atomic E-state index is 2.47. The van der Waals surface area contributed by atoms with E-state index >= 15 is 0 Å². The van der Waals surface area contributed by atoms with Gasteiger partial charge in [0.05, 0.1) is 0 Å². The van der Waals surface area contributed by atoms with Crippen LogP contribution in [0.2, 0.25) is 0 Å². The molecule has 1 aliphatic carbocycles. The van der Waals surface area contributed by atoms with E-state index in [1.54, 1.807) is 5.57 Å². The second kappa shape index (κ2) is 4.49. The van der Waals surface area contributed by atoms with Gasteiger partial charge in [-0.1, -0.05) is 37.6 Å². The summed E-state index contributed by atoms with van der Waals surface area (Å²) in [6.07, 6.45) is 10.7. The van der Waals surface area contributed by atoms with Crippen molar-refractivity contribution >= 4 is 0 Å². The van der Waals surface area contributed by atoms with Crippen molar-refractivity contribution in [2.45, 2.75) is 40.0 Å². The van der Waals surface area contributed by atoms with Gasteiger partial charge in [0.1, 0.15) is 0 Å². The van der Waals surface area contributed by atoms with Crippen LogP contribution in [0.1, 0.15) is 40.0 Å². The van der Waals surface area contributed by atoms with Gasteiger partial charge in [-0.25, -0.2) is 0 Å². The zero-order chi connectivity index (χ0) is 8.97. The minimum absolute atomic E-state index is 0.791. The van der Waals surface area contributed by atoms with E-state index in [0.717, 1.165) is 11.8 Å². The standard InChI is InChI=1S/C12H20/c1-4-5-6-12-8-7-10(2)11(3)9-12/h4-5,9-11H,6-8H2,1-3H3/b5-4+. The molecule has 1 rings (SSSR count). The maximum atomic E-state index is 2.47. The highest BCUT2D eigenvalue weighted by molar-refractivity contribution is 5.12. The second-order valence-corrected chi connectivity index (χ2v) is 3.97. The van der Waals surface area contributed by atoms with Crippen LogP contribution in [0.5, 0.6) is 0 Å². The normalized spacial score (nSPS) is 30.8. The number of allylic oxidation sites excluding steroid dienone is 4. The summed E-state index contributed by atoms with van der Waals surface area (Å²) >= 11 is 0. The lowest BCUT2D eigenvalue weighted by Gasteiger charge is -2.24. The van der Waals surface area contributed by atoms with E-state index in [1.165, 1.54) is 19.3 Å². The fourth-order valence-electron chi connectivity index (χ4n) is 1.73. The largest absolute Gasteiger partial charge is 0.0913 e. The van der Waals surface area contributed by atoms with E-state index in [2.05, 4.69) is 39.0 Å². The molecular weight excluding hydrogens is 144 g/mol. The Bertz CT molecular complexity index is 186. The van der Waals surface area contributed by atoms with Gasteiger partial charge in [0, 0.05) is 0 Å². The summed E-state index contributed by atoms with van der Waals surface area (Å²) in [6, 6.07) is 0. The first-order chi connectivity index (χ1) is 5.74. The molecule has 0 radical (unpaired) electrons. The van der Waals surface area contributed by atoms with Gasteiger partial charge >= 0.3 is 0 Å². The average Bonchev–Trinajstić information content (AvgIpc) is 2.07. The lowest BCUT2D eigenvalue weighted by atomic mass is 9.82. The van der Waals surface area contributed by atoms with E-state index < -0.39 is 0 Å². The molecule has 0 saturated heterocycles. The van der Waals surface area contributed by atoms with Crippen molar-refractivity contribution in [2.75, 3.05) is 0 Å². The van der Waals surface area contributed by atoms with E-state index in [-0.39, 0.29) is 0 Å². The summed E-state index contributed by atoms with van der Waals surface area (Å²) in [7, 11) is 0. The first kappa shape index (κ1) is 9.57. The Hall–Kier alpha value is -0.520. The molecule has 0 heterocycles. The van der Waals surface area contributed by atoms with Crippen molar-refractivity contribution < 1.29 is 0 Å². The first-order valence-corrected chi connectivity index (χ1v) is 5.04. The fourth-order valence-corrected chi connectivity index (χ4v) is 1.73. The van der Waals surface area contributed by atoms with Crippen LogP contribution in [-0.4, -0.2) is 0 Å². The van der Waals surface area contributed by atoms with Crippen molar-refractivity contribution in [1.82, 2.24) is 0 Å². The van der Waals surface area contributed by atoms with Crippen LogP contribution < -0.4 is 0 Å². The van der Waals surface area contributed by atoms with Gasteiger partial charge in [-0.05, 0) is 38.0 Å². The molecule has 0 aliphatic heterocycles. The predicted octanol–water partition coefficient (Wildman–Crippen LogP) is 3.95. The van der Waals surface area contributed by atoms with E-state index in [9.17, 15) is 0 Å². The van der Waals surface area contributed by atoms with Crippen molar-refractivity contribution in [3.8, 4) is 0 Å². The monoisotopic (exact) mass is 164 g/mol. The zero-order valence-corrected chi connectivity index (χ0v) is 8.51. The van der Waals surface area contributed by atoms with E-state index in [4.69, 9.17) is 0 Å². The molecule has 0 nitrogen and oxygen atoms in total. The van der Waals surface area contributed by atoms with Crippen molar-refractivity contribution in [1.29, 1.82) is 0 Å². The molecule has 0 N–H and O–H groups in total. The molecule has 2 unspecified atom stereocenters. The molecule has 0 bridgehead atoms. The number of hydrogen-bond donors (Lipinski definition) is 0. The minimum Gasteiger partial charge on any atom is -0.0913 e. The SMILES string of the molecule is C/C=C/CC1=CC(C)C(C)CC1. The van der Waals surface area contributed by atoms with Gasteiger partial charge < -0.3 is 0 Å². The third kappa shape index (κ3) is 2.51. The van der Waals surface area contributed by atoms with Crippen molar-refractivity contribution in [3.63, 3.8) is 0 Å². The Morgan fingerprint density at radius 2 is 2.25 bits per heavy atom. The Labute approximate surface area is 76.4 Å². The lowest BCUT2D eigenvalue weighted by Crippen LogP contribution is -2.11. The van der Waals surface area contributed by atoms with E-state index in [0.29, 0.717) is 0 Å². The van der Waals surface area contributed by atoms with E-state index in [1.807, 2.05) is 0 Å². The molecular formula is C12H20. The molecule has 0 saturated carbocycles. The van der Waals surface area contributed by atoms with Crippen LogP contribution in [0.15, 0.2) is 23.8 Å². The third-order valence-corrected chi connectivity index (χ3v) is 2.93. The highest BCUT2D eigenvalue weighted by Crippen LogP contribution is 2.29. The van der Waals surface area contributed by atoms with Gasteiger partial charge in [-0.3, -0.25) is 0 Å². The Kier molecular flexibility index (Phi) is 3.58. The number of rotatable bonds is 2. The zero-order valence-electron chi connectivity index (χ0n) is 8.51. The molecule has 0 aromatic carbocycles. The van der Waals surface area contributed by atoms with Crippen molar-refractivity contribution in [3.05, 3.63) is 23.8 Å². The van der Waals surface area contributed by atoms with Crippen LogP contribution in [0.25, 0.3) is 0 Å². The van der Waals surface area contributed by atoms with Crippen LogP contribution in [0, 0.1) is 11.8 Å². The summed E-state index contributed by atoms with van der Waals surface area (Å²) < 4.78 is 0. The molecule has 1 aliphatic rings. The average molecular weight is 164 g/mol. The highest BCUT2D eigenvalue weighted by atomic mass is 14.2. The van der Waals surface area contributed by atoms with Crippen LogP contribution in [0.3, 0.4) is 0 Å². The molecule has 68 valence electrons. The van der Waals surface area contributed by atoms with Gasteiger partial charge in [0.2, 0.25) is 0 Å². The van der Waals surface area contributed by atoms with Gasteiger partial charge in [-0.15, -0.1) is 0 Å². The van der Waals surface area contributed by atoms with Crippen LogP contribution >= 0.6 is 0 Å². The Balaban J connectivity index is 2.50. The Morgan fingerprint density at radius 3 is 2.83 bits per heavy atom. The summed E-state index contributed by atoms with van der Waals surface area (Å²) in [5, 5.41) is 0. The predicted molar refractivity (Wildman–Crippen MR) is 55.1 cm³/mol. The van der Waals surface area contributed by atoms with Crippen molar-refractivity contribution in [2.24, 2.45) is 11.8 Å². The van der Waals surface area contributed by atoms with Gasteiger partial charge in [0.25, 0.3) is 0 Å². The molecule has 0 aromatic heterocycles. The molecule has 0 heteroatoms. The third-order valence-electron chi connectivity index (χ3n) is 2.93. The van der Waals surface area contributed by atoms with Gasteiger partial charge in [-0.2, -0.15) is 0 Å². The topological polar surface area (TPSA) is 0 Å². The fraction of sp³-hybridized carbons (Fsp3) is 0.667. The molecule has 0 amide bonds. The summed E-state index contributed by atoms with van der Waals surface area (Å²) in [5.74, 6) is 1.68. The minimum atomic E-state index is 0.791. The van der Waals surface area contributed by atoms with Crippen LogP contribution in [-0.2, 0) is 0 Å². The quantitative estimate of drug-likeness (QED) is 0.542. The summed E-state index contributed by atoms with van der Waals surface area (Å²) in [6.45, 7) is 6.78. The number of hydrogen-bond acceptors (Lipinski definition) is 0. The molecule has 0 spiro atoms. The first-order valence-electron chi connectivity index (χ1n) is 5.04. The molecule has 0 aromatic rings. The lowest BCUT2D eigenvalue weighted by molar-refractivity contribution is 0.402. The van der Waals surface area contributed by atoms with Crippen LogP contribution in [0.4, 0.5) is 0 Å². The molecule has 12 heavy (non-hydrogen) atoms. The smallest absolute Gasteiger partial charge is 0.0139 e. The molecule has 2 atom stereocenters. The maximum Gasteiger partial charge on any atom is -0.0139 e. The summed E-state index contributed by atoms with van der Waals surface area (Å²) in [4.78, 5) is 0.